The molecular formula is C17H17NO4. The molecule has 114 valence electrons. The molecule has 1 heterocycles. The van der Waals surface area contributed by atoms with E-state index in [4.69, 9.17) is 9.84 Å². The van der Waals surface area contributed by atoms with Crippen LogP contribution >= 0.6 is 0 Å². The van der Waals surface area contributed by atoms with Gasteiger partial charge in [0.15, 0.2) is 0 Å². The third kappa shape index (κ3) is 3.85. The summed E-state index contributed by atoms with van der Waals surface area (Å²) in [5.74, 6) is -0.416. The highest BCUT2D eigenvalue weighted by atomic mass is 16.5. The van der Waals surface area contributed by atoms with Gasteiger partial charge in [0.05, 0.1) is 11.8 Å². The second-order valence-electron chi connectivity index (χ2n) is 4.99. The average molecular weight is 299 g/mol. The van der Waals surface area contributed by atoms with Crippen LogP contribution in [0.4, 0.5) is 0 Å². The van der Waals surface area contributed by atoms with Crippen LogP contribution in [0.3, 0.4) is 0 Å². The molecule has 0 radical (unpaired) electrons. The van der Waals surface area contributed by atoms with Crippen molar-refractivity contribution >= 4 is 12.0 Å². The van der Waals surface area contributed by atoms with Crippen LogP contribution in [0.15, 0.2) is 47.3 Å². The minimum Gasteiger partial charge on any atom is -0.490 e. The molecule has 0 unspecified atom stereocenters. The standard InChI is InChI=1S/C17H17NO4/c1-11(2)22-15-6-4-3-5-13(15)14-9-7-12(17(21)18-14)8-10-16(19)20/h3-11H,1-2H3,(H,18,21)(H,19,20)/b10-8+. The zero-order valence-electron chi connectivity index (χ0n) is 12.4. The summed E-state index contributed by atoms with van der Waals surface area (Å²) in [6, 6.07) is 10.7. The number of hydrogen-bond acceptors (Lipinski definition) is 3. The van der Waals surface area contributed by atoms with Crippen molar-refractivity contribution in [1.29, 1.82) is 0 Å². The largest absolute Gasteiger partial charge is 0.490 e. The van der Waals surface area contributed by atoms with Gasteiger partial charge in [0, 0.05) is 17.2 Å². The Morgan fingerprint density at radius 2 is 1.95 bits per heavy atom. The van der Waals surface area contributed by atoms with E-state index in [0.29, 0.717) is 11.4 Å². The Hall–Kier alpha value is -2.82. The molecule has 0 aliphatic rings. The average Bonchev–Trinajstić information content (AvgIpc) is 2.45. The van der Waals surface area contributed by atoms with Gasteiger partial charge >= 0.3 is 5.97 Å². The molecule has 1 aromatic carbocycles. The van der Waals surface area contributed by atoms with E-state index in [1.807, 2.05) is 38.1 Å². The number of aliphatic carboxylic acids is 1. The van der Waals surface area contributed by atoms with Crippen molar-refractivity contribution in [3.05, 3.63) is 58.4 Å². The summed E-state index contributed by atoms with van der Waals surface area (Å²) >= 11 is 0. The third-order valence-corrected chi connectivity index (χ3v) is 2.89. The smallest absolute Gasteiger partial charge is 0.328 e. The molecule has 22 heavy (non-hydrogen) atoms. The van der Waals surface area contributed by atoms with Crippen LogP contribution in [0.25, 0.3) is 17.3 Å². The summed E-state index contributed by atoms with van der Waals surface area (Å²) < 4.78 is 5.74. The van der Waals surface area contributed by atoms with Crippen LogP contribution in [-0.4, -0.2) is 22.2 Å². The quantitative estimate of drug-likeness (QED) is 0.832. The molecule has 2 rings (SSSR count). The molecule has 0 aliphatic carbocycles. The summed E-state index contributed by atoms with van der Waals surface area (Å²) in [6.07, 6.45) is 2.22. The number of nitrogens with one attached hydrogen (secondary N) is 1. The van der Waals surface area contributed by atoms with Crippen LogP contribution in [0.5, 0.6) is 5.75 Å². The van der Waals surface area contributed by atoms with E-state index >= 15 is 0 Å². The number of pyridine rings is 1. The number of aromatic amines is 1. The predicted octanol–water partition coefficient (Wildman–Crippen LogP) is 2.93. The highest BCUT2D eigenvalue weighted by Gasteiger charge is 2.09. The summed E-state index contributed by atoms with van der Waals surface area (Å²) in [7, 11) is 0. The first kappa shape index (κ1) is 15.6. The van der Waals surface area contributed by atoms with E-state index in [-0.39, 0.29) is 17.2 Å². The minimum absolute atomic E-state index is 0.0191. The van der Waals surface area contributed by atoms with Crippen molar-refractivity contribution in [2.24, 2.45) is 0 Å². The molecule has 2 N–H and O–H groups in total. The molecule has 0 spiro atoms. The van der Waals surface area contributed by atoms with E-state index < -0.39 is 5.97 Å². The Balaban J connectivity index is 2.41. The number of carbonyl (C=O) groups is 1. The number of ether oxygens (including phenoxy) is 1. The number of rotatable bonds is 5. The first-order chi connectivity index (χ1) is 10.5. The van der Waals surface area contributed by atoms with Gasteiger partial charge in [0.1, 0.15) is 5.75 Å². The highest BCUT2D eigenvalue weighted by Crippen LogP contribution is 2.28. The molecule has 0 aliphatic heterocycles. The maximum Gasteiger partial charge on any atom is 0.328 e. The molecule has 1 aromatic heterocycles. The lowest BCUT2D eigenvalue weighted by Gasteiger charge is -2.14. The van der Waals surface area contributed by atoms with E-state index in [9.17, 15) is 9.59 Å². The molecule has 0 bridgehead atoms. The van der Waals surface area contributed by atoms with Gasteiger partial charge in [-0.15, -0.1) is 0 Å². The molecule has 0 saturated carbocycles. The topological polar surface area (TPSA) is 79.4 Å². The van der Waals surface area contributed by atoms with Crippen molar-refractivity contribution in [2.75, 3.05) is 0 Å². The molecule has 5 heteroatoms. The first-order valence-electron chi connectivity index (χ1n) is 6.88. The lowest BCUT2D eigenvalue weighted by atomic mass is 10.1. The van der Waals surface area contributed by atoms with E-state index in [0.717, 1.165) is 11.6 Å². The summed E-state index contributed by atoms with van der Waals surface area (Å²) in [4.78, 5) is 25.3. The summed E-state index contributed by atoms with van der Waals surface area (Å²) in [5.41, 5.74) is 1.33. The third-order valence-electron chi connectivity index (χ3n) is 2.89. The lowest BCUT2D eigenvalue weighted by Crippen LogP contribution is -2.11. The molecule has 2 aromatic rings. The van der Waals surface area contributed by atoms with Gasteiger partial charge in [0.2, 0.25) is 0 Å². The fourth-order valence-electron chi connectivity index (χ4n) is 1.98. The van der Waals surface area contributed by atoms with E-state index in [2.05, 4.69) is 4.98 Å². The fourth-order valence-corrected chi connectivity index (χ4v) is 1.98. The maximum atomic E-state index is 12.0. The Morgan fingerprint density at radius 3 is 2.59 bits per heavy atom. The van der Waals surface area contributed by atoms with Crippen molar-refractivity contribution in [3.63, 3.8) is 0 Å². The second kappa shape index (κ2) is 6.76. The van der Waals surface area contributed by atoms with E-state index in [1.165, 1.54) is 6.08 Å². The molecule has 0 amide bonds. The van der Waals surface area contributed by atoms with Gasteiger partial charge in [-0.05, 0) is 44.2 Å². The molecule has 0 atom stereocenters. The number of carboxylic acids is 1. The van der Waals surface area contributed by atoms with Crippen molar-refractivity contribution in [1.82, 2.24) is 4.98 Å². The molecule has 0 saturated heterocycles. The van der Waals surface area contributed by atoms with Gasteiger partial charge in [-0.3, -0.25) is 4.79 Å². The monoisotopic (exact) mass is 299 g/mol. The lowest BCUT2D eigenvalue weighted by molar-refractivity contribution is -0.131. The number of benzene rings is 1. The Bertz CT molecular complexity index is 759. The van der Waals surface area contributed by atoms with Gasteiger partial charge in [-0.25, -0.2) is 4.79 Å². The predicted molar refractivity (Wildman–Crippen MR) is 84.9 cm³/mol. The normalized spacial score (nSPS) is 11.0. The Labute approximate surface area is 127 Å². The van der Waals surface area contributed by atoms with Crippen LogP contribution in [0.2, 0.25) is 0 Å². The van der Waals surface area contributed by atoms with Crippen molar-refractivity contribution in [2.45, 2.75) is 20.0 Å². The Kier molecular flexibility index (Phi) is 4.78. The second-order valence-corrected chi connectivity index (χ2v) is 4.99. The fraction of sp³-hybridized carbons (Fsp3) is 0.176. The van der Waals surface area contributed by atoms with E-state index in [1.54, 1.807) is 12.1 Å². The number of hydrogen-bond donors (Lipinski definition) is 2. The Morgan fingerprint density at radius 1 is 1.23 bits per heavy atom. The number of para-hydroxylation sites is 1. The summed E-state index contributed by atoms with van der Waals surface area (Å²) in [5, 5.41) is 8.60. The highest BCUT2D eigenvalue weighted by molar-refractivity contribution is 5.85. The van der Waals surface area contributed by atoms with Crippen molar-refractivity contribution < 1.29 is 14.6 Å². The number of H-pyrrole nitrogens is 1. The molecule has 0 fully saturated rings. The van der Waals surface area contributed by atoms with Gasteiger partial charge in [-0.1, -0.05) is 12.1 Å². The maximum absolute atomic E-state index is 12.0. The number of carboxylic acid groups (broad SMARTS) is 1. The molecular weight excluding hydrogens is 282 g/mol. The van der Waals surface area contributed by atoms with Gasteiger partial charge < -0.3 is 14.8 Å². The zero-order valence-corrected chi connectivity index (χ0v) is 12.4. The van der Waals surface area contributed by atoms with Crippen LogP contribution < -0.4 is 10.3 Å². The van der Waals surface area contributed by atoms with Crippen LogP contribution in [0, 0.1) is 0 Å². The van der Waals surface area contributed by atoms with Gasteiger partial charge in [-0.2, -0.15) is 0 Å². The van der Waals surface area contributed by atoms with Crippen molar-refractivity contribution in [3.8, 4) is 17.0 Å². The number of aromatic nitrogens is 1. The zero-order chi connectivity index (χ0) is 16.1. The SMILES string of the molecule is CC(C)Oc1ccccc1-c1ccc(/C=C/C(=O)O)c(=O)[nH]1. The minimum atomic E-state index is -1.10. The van der Waals surface area contributed by atoms with Crippen LogP contribution in [0.1, 0.15) is 19.4 Å². The molecule has 5 nitrogen and oxygen atoms in total. The first-order valence-corrected chi connectivity index (χ1v) is 6.88. The van der Waals surface area contributed by atoms with Gasteiger partial charge in [0.25, 0.3) is 5.56 Å². The van der Waals surface area contributed by atoms with Crippen LogP contribution in [-0.2, 0) is 4.79 Å². The summed E-state index contributed by atoms with van der Waals surface area (Å²) in [6.45, 7) is 3.86.